The minimum Gasteiger partial charge on any atom is -0.416 e. The van der Waals surface area contributed by atoms with E-state index in [1.807, 2.05) is 22.6 Å². The smallest absolute Gasteiger partial charge is 0.278 e. The van der Waals surface area contributed by atoms with E-state index < -0.39 is 0 Å². The highest BCUT2D eigenvalue weighted by atomic mass is 127. The molecule has 1 aliphatic carbocycles. The highest BCUT2D eigenvalue weighted by Crippen LogP contribution is 2.57. The quantitative estimate of drug-likeness (QED) is 0.730. The van der Waals surface area contributed by atoms with Crippen LogP contribution in [0.25, 0.3) is 0 Å². The van der Waals surface area contributed by atoms with Gasteiger partial charge in [0.1, 0.15) is 0 Å². The predicted octanol–water partition coefficient (Wildman–Crippen LogP) is 2.19. The average Bonchev–Trinajstić information content (AvgIpc) is 2.39. The molecule has 1 fully saturated rings. The van der Waals surface area contributed by atoms with Gasteiger partial charge in [0.25, 0.3) is 3.90 Å². The molecule has 1 saturated carbocycles. The highest BCUT2D eigenvalue weighted by Gasteiger charge is 2.50. The van der Waals surface area contributed by atoms with E-state index in [2.05, 4.69) is 24.0 Å². The maximum atomic E-state index is 5.31. The van der Waals surface area contributed by atoms with Gasteiger partial charge in [0.2, 0.25) is 5.89 Å². The Morgan fingerprint density at radius 3 is 2.55 bits per heavy atom. The summed E-state index contributed by atoms with van der Waals surface area (Å²) in [4.78, 5) is 0. The molecule has 0 bridgehead atoms. The Morgan fingerprint density at radius 2 is 2.18 bits per heavy atom. The summed E-state index contributed by atoms with van der Waals surface area (Å²) in [5.74, 6) is 1.30. The van der Waals surface area contributed by atoms with E-state index in [-0.39, 0.29) is 0 Å². The van der Waals surface area contributed by atoms with Crippen LogP contribution in [-0.4, -0.2) is 10.2 Å². The number of nitrogens with zero attached hydrogens (tertiary/aromatic N) is 2. The Labute approximate surface area is 78.7 Å². The molecule has 0 saturated heterocycles. The average molecular weight is 264 g/mol. The minimum atomic E-state index is 0.385. The van der Waals surface area contributed by atoms with E-state index in [0.29, 0.717) is 15.2 Å². The monoisotopic (exact) mass is 264 g/mol. The first-order chi connectivity index (χ1) is 5.09. The summed E-state index contributed by atoms with van der Waals surface area (Å²) < 4.78 is 5.95. The van der Waals surface area contributed by atoms with Gasteiger partial charge in [-0.25, -0.2) is 0 Å². The molecule has 1 aromatic heterocycles. The van der Waals surface area contributed by atoms with Crippen molar-refractivity contribution < 1.29 is 4.42 Å². The van der Waals surface area contributed by atoms with E-state index in [0.717, 1.165) is 5.89 Å². The van der Waals surface area contributed by atoms with Crippen LogP contribution in [0, 0.1) is 9.31 Å². The van der Waals surface area contributed by atoms with Crippen molar-refractivity contribution in [1.82, 2.24) is 10.2 Å². The molecule has 1 aromatic rings. The maximum Gasteiger partial charge on any atom is 0.278 e. The Morgan fingerprint density at radius 1 is 1.55 bits per heavy atom. The third-order valence-corrected chi connectivity index (χ3v) is 2.66. The molecule has 3 nitrogen and oxygen atoms in total. The second-order valence-electron chi connectivity index (χ2n) is 3.64. The molecule has 1 aliphatic rings. The number of hydrogen-bond acceptors (Lipinski definition) is 3. The molecule has 0 radical (unpaired) electrons. The number of aromatic nitrogens is 2. The van der Waals surface area contributed by atoms with Crippen molar-refractivity contribution in [1.29, 1.82) is 0 Å². The van der Waals surface area contributed by atoms with Crippen molar-refractivity contribution in [2.45, 2.75) is 26.2 Å². The van der Waals surface area contributed by atoms with Gasteiger partial charge in [0.05, 0.1) is 0 Å². The summed E-state index contributed by atoms with van der Waals surface area (Å²) in [6.45, 7) is 4.43. The molecule has 0 spiro atoms. The van der Waals surface area contributed by atoms with Crippen LogP contribution >= 0.6 is 22.6 Å². The van der Waals surface area contributed by atoms with E-state index in [1.54, 1.807) is 0 Å². The fraction of sp³-hybridized carbons (Fsp3) is 0.714. The van der Waals surface area contributed by atoms with Crippen LogP contribution < -0.4 is 0 Å². The van der Waals surface area contributed by atoms with Crippen molar-refractivity contribution in [3.63, 3.8) is 0 Å². The van der Waals surface area contributed by atoms with Crippen LogP contribution in [-0.2, 0) is 0 Å². The summed E-state index contributed by atoms with van der Waals surface area (Å²) in [6, 6.07) is 0. The first kappa shape index (κ1) is 7.52. The second kappa shape index (κ2) is 2.18. The first-order valence-corrected chi connectivity index (χ1v) is 4.66. The fourth-order valence-corrected chi connectivity index (χ4v) is 1.58. The first-order valence-electron chi connectivity index (χ1n) is 3.58. The zero-order valence-corrected chi connectivity index (χ0v) is 8.62. The second-order valence-corrected chi connectivity index (χ2v) is 4.56. The van der Waals surface area contributed by atoms with Crippen LogP contribution in [0.2, 0.25) is 0 Å². The van der Waals surface area contributed by atoms with E-state index >= 15 is 0 Å². The lowest BCUT2D eigenvalue weighted by molar-refractivity contribution is 0.448. The van der Waals surface area contributed by atoms with Gasteiger partial charge in [-0.05, 0) is 11.8 Å². The Kier molecular flexibility index (Phi) is 1.49. The van der Waals surface area contributed by atoms with Gasteiger partial charge < -0.3 is 4.42 Å². The standard InChI is InChI=1S/C7H9IN2O/c1-7(2)3-4(7)5-9-10-6(8)11-5/h4H,3H2,1-2H3. The topological polar surface area (TPSA) is 38.9 Å². The molecule has 1 atom stereocenters. The van der Waals surface area contributed by atoms with Gasteiger partial charge in [-0.2, -0.15) is 0 Å². The van der Waals surface area contributed by atoms with Gasteiger partial charge in [0.15, 0.2) is 0 Å². The summed E-state index contributed by atoms with van der Waals surface area (Å²) in [7, 11) is 0. The van der Waals surface area contributed by atoms with Gasteiger partial charge in [0, 0.05) is 28.5 Å². The van der Waals surface area contributed by atoms with Crippen molar-refractivity contribution >= 4 is 22.6 Å². The van der Waals surface area contributed by atoms with Crippen LogP contribution in [0.5, 0.6) is 0 Å². The molecule has 60 valence electrons. The van der Waals surface area contributed by atoms with Crippen molar-refractivity contribution in [3.8, 4) is 0 Å². The molecule has 2 rings (SSSR count). The molecule has 0 aliphatic heterocycles. The lowest BCUT2D eigenvalue weighted by Gasteiger charge is -1.95. The normalized spacial score (nSPS) is 27.0. The summed E-state index contributed by atoms with van der Waals surface area (Å²) in [5, 5.41) is 7.76. The van der Waals surface area contributed by atoms with Crippen LogP contribution in [0.1, 0.15) is 32.1 Å². The molecular formula is C7H9IN2O. The molecule has 1 heterocycles. The SMILES string of the molecule is CC1(C)CC1c1nnc(I)o1. The minimum absolute atomic E-state index is 0.385. The van der Waals surface area contributed by atoms with Crippen LogP contribution in [0.3, 0.4) is 0 Å². The molecule has 11 heavy (non-hydrogen) atoms. The Hall–Kier alpha value is -0.130. The van der Waals surface area contributed by atoms with Crippen molar-refractivity contribution in [3.05, 3.63) is 9.79 Å². The van der Waals surface area contributed by atoms with E-state index in [9.17, 15) is 0 Å². The van der Waals surface area contributed by atoms with Gasteiger partial charge >= 0.3 is 0 Å². The summed E-state index contributed by atoms with van der Waals surface area (Å²) >= 11 is 2.03. The fourth-order valence-electron chi connectivity index (χ4n) is 1.25. The van der Waals surface area contributed by atoms with Crippen LogP contribution in [0.4, 0.5) is 0 Å². The Balaban J connectivity index is 2.20. The van der Waals surface area contributed by atoms with E-state index in [1.165, 1.54) is 6.42 Å². The third kappa shape index (κ3) is 1.28. The Bertz CT molecular complexity index is 282. The molecular weight excluding hydrogens is 255 g/mol. The van der Waals surface area contributed by atoms with Gasteiger partial charge in [-0.1, -0.05) is 13.8 Å². The van der Waals surface area contributed by atoms with Crippen molar-refractivity contribution in [2.75, 3.05) is 0 Å². The predicted molar refractivity (Wildman–Crippen MR) is 48.2 cm³/mol. The zero-order valence-electron chi connectivity index (χ0n) is 6.47. The lowest BCUT2D eigenvalue weighted by atomic mass is 10.1. The molecule has 0 N–H and O–H groups in total. The molecule has 1 unspecified atom stereocenters. The van der Waals surface area contributed by atoms with Crippen molar-refractivity contribution in [2.24, 2.45) is 5.41 Å². The third-order valence-electron chi connectivity index (χ3n) is 2.23. The largest absolute Gasteiger partial charge is 0.416 e. The van der Waals surface area contributed by atoms with Gasteiger partial charge in [-0.3, -0.25) is 0 Å². The van der Waals surface area contributed by atoms with E-state index in [4.69, 9.17) is 4.42 Å². The van der Waals surface area contributed by atoms with Crippen LogP contribution in [0.15, 0.2) is 4.42 Å². The highest BCUT2D eigenvalue weighted by molar-refractivity contribution is 14.1. The number of hydrogen-bond donors (Lipinski definition) is 0. The number of rotatable bonds is 1. The maximum absolute atomic E-state index is 5.31. The summed E-state index contributed by atoms with van der Waals surface area (Å²) in [6.07, 6.45) is 1.17. The van der Waals surface area contributed by atoms with Gasteiger partial charge in [-0.15, -0.1) is 10.2 Å². The molecule has 4 heteroatoms. The molecule has 0 aromatic carbocycles. The zero-order chi connectivity index (χ0) is 8.06. The molecule has 0 amide bonds. The summed E-state index contributed by atoms with van der Waals surface area (Å²) in [5.41, 5.74) is 0.385. The number of halogens is 1. The lowest BCUT2D eigenvalue weighted by Crippen LogP contribution is -1.89.